The van der Waals surface area contributed by atoms with Crippen molar-refractivity contribution in [3.05, 3.63) is 0 Å². The predicted molar refractivity (Wildman–Crippen MR) is 94.5 cm³/mol. The molecule has 0 unspecified atom stereocenters. The van der Waals surface area contributed by atoms with E-state index in [4.69, 9.17) is 0 Å². The zero-order valence-electron chi connectivity index (χ0n) is 16.0. The molecule has 4 aliphatic rings. The molecule has 4 fully saturated rings. The van der Waals surface area contributed by atoms with Gasteiger partial charge in [-0.3, -0.25) is 4.79 Å². The number of nitrogens with one attached hydrogen (secondary N) is 1. The van der Waals surface area contributed by atoms with Crippen molar-refractivity contribution in [1.29, 1.82) is 0 Å². The number of quaternary nitrogens is 1. The fraction of sp³-hybridized carbons (Fsp3) is 0.889. The van der Waals surface area contributed by atoms with Crippen molar-refractivity contribution >= 4 is 11.9 Å². The van der Waals surface area contributed by atoms with Gasteiger partial charge in [-0.25, -0.2) is 9.39 Å². The standard InChI is InChI=1S/C18H31N5O2/c1-5-20-11-18(12-20)8-13(9-18)19-16(24)15-7-6-14-10-21(15)17(25)22(14)23(2,3)4/h13-15H,5-12H2,1-4H3/p+1/t14-,15+/m1/s1. The van der Waals surface area contributed by atoms with Crippen LogP contribution in [0.5, 0.6) is 0 Å². The number of urea groups is 1. The Morgan fingerprint density at radius 2 is 1.92 bits per heavy atom. The van der Waals surface area contributed by atoms with Gasteiger partial charge in [0.05, 0.1) is 21.1 Å². The molecule has 1 aliphatic carbocycles. The van der Waals surface area contributed by atoms with E-state index >= 15 is 0 Å². The maximum Gasteiger partial charge on any atom is 0.365 e. The van der Waals surface area contributed by atoms with Crippen molar-refractivity contribution in [2.75, 3.05) is 47.3 Å². The smallest absolute Gasteiger partial charge is 0.352 e. The topological polar surface area (TPSA) is 55.9 Å². The highest BCUT2D eigenvalue weighted by atomic mass is 16.2. The van der Waals surface area contributed by atoms with E-state index in [9.17, 15) is 9.59 Å². The summed E-state index contributed by atoms with van der Waals surface area (Å²) in [6, 6.07) is 0.262. The fourth-order valence-electron chi connectivity index (χ4n) is 5.44. The number of hydrogen-bond donors (Lipinski definition) is 1. The average Bonchev–Trinajstić information content (AvgIpc) is 2.71. The number of likely N-dealkylation sites (tertiary alicyclic amines) is 1. The van der Waals surface area contributed by atoms with E-state index in [1.54, 1.807) is 4.90 Å². The third kappa shape index (κ3) is 2.72. The molecule has 7 nitrogen and oxygen atoms in total. The summed E-state index contributed by atoms with van der Waals surface area (Å²) >= 11 is 0. The number of piperidine rings is 1. The van der Waals surface area contributed by atoms with E-state index in [0.717, 1.165) is 32.2 Å². The Morgan fingerprint density at radius 3 is 2.52 bits per heavy atom. The van der Waals surface area contributed by atoms with Crippen LogP contribution in [0.2, 0.25) is 0 Å². The summed E-state index contributed by atoms with van der Waals surface area (Å²) in [4.78, 5) is 29.8. The first-order valence-corrected chi connectivity index (χ1v) is 9.67. The van der Waals surface area contributed by atoms with E-state index in [0.29, 0.717) is 22.6 Å². The summed E-state index contributed by atoms with van der Waals surface area (Å²) in [7, 11) is 6.04. The molecular formula is C18H32N5O2+. The second kappa shape index (κ2) is 5.58. The maximum absolute atomic E-state index is 12.8. The summed E-state index contributed by atoms with van der Waals surface area (Å²) in [5.41, 5.74) is 0.468. The number of fused-ring (bicyclic) bond motifs is 2. The van der Waals surface area contributed by atoms with Gasteiger partial charge in [0.25, 0.3) is 0 Å². The molecule has 2 bridgehead atoms. The lowest BCUT2D eigenvalue weighted by Crippen LogP contribution is -2.67. The Morgan fingerprint density at radius 1 is 1.24 bits per heavy atom. The number of carbonyl (C=O) groups excluding carboxylic acids is 2. The molecule has 7 heteroatoms. The van der Waals surface area contributed by atoms with Crippen LogP contribution < -0.4 is 5.32 Å². The van der Waals surface area contributed by atoms with Gasteiger partial charge in [0.2, 0.25) is 5.91 Å². The van der Waals surface area contributed by atoms with Gasteiger partial charge in [-0.05, 0) is 37.6 Å². The molecule has 1 spiro atoms. The van der Waals surface area contributed by atoms with Crippen molar-refractivity contribution < 1.29 is 14.2 Å². The molecule has 25 heavy (non-hydrogen) atoms. The molecule has 0 aromatic heterocycles. The van der Waals surface area contributed by atoms with Crippen LogP contribution in [0.15, 0.2) is 0 Å². The first-order chi connectivity index (χ1) is 11.7. The molecular weight excluding hydrogens is 318 g/mol. The zero-order chi connectivity index (χ0) is 18.0. The van der Waals surface area contributed by atoms with Crippen LogP contribution in [-0.2, 0) is 4.79 Å². The number of carbonyl (C=O) groups is 2. The van der Waals surface area contributed by atoms with Crippen LogP contribution in [0, 0.1) is 5.41 Å². The number of amides is 3. The highest BCUT2D eigenvalue weighted by Gasteiger charge is 2.54. The van der Waals surface area contributed by atoms with E-state index < -0.39 is 0 Å². The van der Waals surface area contributed by atoms with Gasteiger partial charge in [-0.15, -0.1) is 0 Å². The Labute approximate surface area is 150 Å². The first-order valence-electron chi connectivity index (χ1n) is 9.67. The van der Waals surface area contributed by atoms with E-state index in [1.165, 1.54) is 13.1 Å². The lowest BCUT2D eigenvalue weighted by atomic mass is 9.60. The lowest BCUT2D eigenvalue weighted by molar-refractivity contribution is -0.975. The molecule has 2 atom stereocenters. The first kappa shape index (κ1) is 17.1. The molecule has 1 saturated carbocycles. The second-order valence-electron chi connectivity index (χ2n) is 9.39. The molecule has 0 aromatic rings. The van der Waals surface area contributed by atoms with Crippen molar-refractivity contribution in [2.45, 2.75) is 50.7 Å². The van der Waals surface area contributed by atoms with Crippen LogP contribution in [-0.4, -0.2) is 96.8 Å². The minimum Gasteiger partial charge on any atom is -0.352 e. The zero-order valence-corrected chi connectivity index (χ0v) is 16.0. The summed E-state index contributed by atoms with van der Waals surface area (Å²) in [6.07, 6.45) is 3.89. The van der Waals surface area contributed by atoms with Gasteiger partial charge in [-0.2, -0.15) is 5.01 Å². The van der Waals surface area contributed by atoms with Gasteiger partial charge in [0.1, 0.15) is 12.1 Å². The average molecular weight is 350 g/mol. The molecule has 3 aliphatic heterocycles. The van der Waals surface area contributed by atoms with Crippen molar-refractivity contribution in [3.63, 3.8) is 0 Å². The maximum atomic E-state index is 12.8. The van der Waals surface area contributed by atoms with Gasteiger partial charge in [0.15, 0.2) is 0 Å². The SMILES string of the molecule is CCN1CC2(CC(NC(=O)[C@@H]3CC[C@@H]4CN3C(=O)N4[N+](C)(C)C)C2)C1. The number of nitrogens with zero attached hydrogens (tertiary/aromatic N) is 4. The highest BCUT2D eigenvalue weighted by molar-refractivity contribution is 5.88. The van der Waals surface area contributed by atoms with Crippen LogP contribution in [0.1, 0.15) is 32.6 Å². The van der Waals surface area contributed by atoms with E-state index in [1.807, 2.05) is 26.2 Å². The number of hydrogen-bond acceptors (Lipinski definition) is 3. The van der Waals surface area contributed by atoms with Crippen LogP contribution in [0.25, 0.3) is 0 Å². The third-order valence-electron chi connectivity index (χ3n) is 6.56. The summed E-state index contributed by atoms with van der Waals surface area (Å²) < 4.78 is 0.493. The molecule has 0 aromatic carbocycles. The minimum atomic E-state index is -0.287. The summed E-state index contributed by atoms with van der Waals surface area (Å²) in [6.45, 7) is 6.39. The van der Waals surface area contributed by atoms with Crippen LogP contribution in [0.3, 0.4) is 0 Å². The molecule has 3 amide bonds. The van der Waals surface area contributed by atoms with Gasteiger partial charge in [0, 0.05) is 25.7 Å². The summed E-state index contributed by atoms with van der Waals surface area (Å²) in [5, 5.41) is 5.14. The Bertz CT molecular complexity index is 573. The third-order valence-corrected chi connectivity index (χ3v) is 6.56. The van der Waals surface area contributed by atoms with Crippen molar-refractivity contribution in [3.8, 4) is 0 Å². The molecule has 140 valence electrons. The second-order valence-corrected chi connectivity index (χ2v) is 9.39. The van der Waals surface area contributed by atoms with E-state index in [2.05, 4.69) is 17.1 Å². The Balaban J connectivity index is 1.33. The van der Waals surface area contributed by atoms with Crippen molar-refractivity contribution in [2.24, 2.45) is 5.41 Å². The molecule has 3 saturated heterocycles. The van der Waals surface area contributed by atoms with E-state index in [-0.39, 0.29) is 24.0 Å². The minimum absolute atomic E-state index is 0.0119. The Hall–Kier alpha value is -1.34. The van der Waals surface area contributed by atoms with Crippen LogP contribution >= 0.6 is 0 Å². The quantitative estimate of drug-likeness (QED) is 0.750. The molecule has 3 heterocycles. The highest BCUT2D eigenvalue weighted by Crippen LogP contribution is 2.48. The van der Waals surface area contributed by atoms with Gasteiger partial charge < -0.3 is 15.1 Å². The number of rotatable bonds is 4. The molecule has 0 radical (unpaired) electrons. The fourth-order valence-corrected chi connectivity index (χ4v) is 5.44. The normalized spacial score (nSPS) is 31.9. The largest absolute Gasteiger partial charge is 0.365 e. The monoisotopic (exact) mass is 350 g/mol. The predicted octanol–water partition coefficient (Wildman–Crippen LogP) is 0.477. The Kier molecular flexibility index (Phi) is 3.81. The molecule has 1 N–H and O–H groups in total. The lowest BCUT2D eigenvalue weighted by Gasteiger charge is -2.59. The van der Waals surface area contributed by atoms with Gasteiger partial charge >= 0.3 is 6.03 Å². The van der Waals surface area contributed by atoms with Gasteiger partial charge in [-0.1, -0.05) is 6.92 Å². The van der Waals surface area contributed by atoms with Crippen molar-refractivity contribution in [1.82, 2.24) is 20.1 Å². The summed E-state index contributed by atoms with van der Waals surface area (Å²) in [5.74, 6) is 0.0570. The molecule has 4 rings (SSSR count). The van der Waals surface area contributed by atoms with Crippen LogP contribution in [0.4, 0.5) is 4.79 Å².